The molecule has 0 fully saturated rings. The van der Waals surface area contributed by atoms with E-state index in [1.54, 1.807) is 0 Å². The van der Waals surface area contributed by atoms with Crippen molar-refractivity contribution >= 4 is 11.6 Å². The Hall–Kier alpha value is -1.41. The van der Waals surface area contributed by atoms with Gasteiger partial charge in [-0.05, 0) is 17.7 Å². The van der Waals surface area contributed by atoms with Gasteiger partial charge >= 0.3 is 0 Å². The molecule has 1 unspecified atom stereocenters. The van der Waals surface area contributed by atoms with Crippen LogP contribution in [0.1, 0.15) is 18.0 Å². The Balaban J connectivity index is 2.16. The molecule has 1 aliphatic rings. The van der Waals surface area contributed by atoms with Gasteiger partial charge in [0.15, 0.2) is 11.5 Å². The molecule has 0 saturated carbocycles. The molecular weight excluding hydrogens is 252 g/mol. The largest absolute Gasteiger partial charge is 0.454 e. The maximum absolute atomic E-state index is 6.13. The van der Waals surface area contributed by atoms with E-state index < -0.39 is 0 Å². The van der Waals surface area contributed by atoms with Crippen molar-refractivity contribution in [1.29, 1.82) is 0 Å². The first-order valence-corrected chi connectivity index (χ1v) is 6.10. The molecule has 0 spiro atoms. The van der Waals surface area contributed by atoms with Gasteiger partial charge < -0.3 is 20.5 Å². The van der Waals surface area contributed by atoms with Crippen molar-refractivity contribution in [2.45, 2.75) is 12.5 Å². The van der Waals surface area contributed by atoms with Crippen LogP contribution in [-0.2, 0) is 0 Å². The number of rotatable bonds is 5. The van der Waals surface area contributed by atoms with Crippen LogP contribution in [0.25, 0.3) is 0 Å². The van der Waals surface area contributed by atoms with E-state index in [2.05, 4.69) is 11.2 Å². The summed E-state index contributed by atoms with van der Waals surface area (Å²) in [6, 6.07) is 3.75. The molecule has 1 aromatic carbocycles. The zero-order valence-electron chi connectivity index (χ0n) is 9.91. The summed E-state index contributed by atoms with van der Waals surface area (Å²) in [5, 5.41) is 3.82. The number of terminal acetylenes is 1. The fourth-order valence-electron chi connectivity index (χ4n) is 1.84. The molecule has 4 nitrogen and oxygen atoms in total. The fraction of sp³-hybridized carbons (Fsp3) is 0.385. The zero-order chi connectivity index (χ0) is 13.0. The van der Waals surface area contributed by atoms with Crippen LogP contribution in [0.2, 0.25) is 5.02 Å². The van der Waals surface area contributed by atoms with Crippen LogP contribution in [0.4, 0.5) is 0 Å². The van der Waals surface area contributed by atoms with Gasteiger partial charge in [-0.3, -0.25) is 0 Å². The van der Waals surface area contributed by atoms with Gasteiger partial charge in [0.2, 0.25) is 6.79 Å². The van der Waals surface area contributed by atoms with Crippen LogP contribution in [0.3, 0.4) is 0 Å². The molecule has 1 aromatic rings. The van der Waals surface area contributed by atoms with Crippen LogP contribution < -0.4 is 20.5 Å². The van der Waals surface area contributed by atoms with E-state index in [4.69, 9.17) is 33.2 Å². The van der Waals surface area contributed by atoms with Gasteiger partial charge in [-0.1, -0.05) is 11.6 Å². The van der Waals surface area contributed by atoms with Gasteiger partial charge in [0, 0.05) is 25.6 Å². The Morgan fingerprint density at radius 1 is 1.50 bits per heavy atom. The van der Waals surface area contributed by atoms with Crippen molar-refractivity contribution in [1.82, 2.24) is 5.32 Å². The Morgan fingerprint density at radius 2 is 2.33 bits per heavy atom. The minimum absolute atomic E-state index is 0.00495. The van der Waals surface area contributed by atoms with Crippen molar-refractivity contribution in [2.24, 2.45) is 5.73 Å². The molecule has 0 saturated heterocycles. The Morgan fingerprint density at radius 3 is 3.06 bits per heavy atom. The maximum Gasteiger partial charge on any atom is 0.231 e. The van der Waals surface area contributed by atoms with Crippen molar-refractivity contribution in [3.05, 3.63) is 22.7 Å². The van der Waals surface area contributed by atoms with E-state index in [1.165, 1.54) is 0 Å². The highest BCUT2D eigenvalue weighted by Gasteiger charge is 2.20. The summed E-state index contributed by atoms with van der Waals surface area (Å²) in [5.41, 5.74) is 6.73. The molecule has 0 radical (unpaired) electrons. The number of ether oxygens (including phenoxy) is 2. The van der Waals surface area contributed by atoms with Crippen molar-refractivity contribution < 1.29 is 9.47 Å². The SMILES string of the molecule is C#CCCNC(CN)c1cc(Cl)c2c(c1)OCO2. The summed E-state index contributed by atoms with van der Waals surface area (Å²) in [6.07, 6.45) is 5.88. The normalized spacial score (nSPS) is 14.3. The van der Waals surface area contributed by atoms with Gasteiger partial charge in [-0.25, -0.2) is 0 Å². The lowest BCUT2D eigenvalue weighted by molar-refractivity contribution is 0.174. The van der Waals surface area contributed by atoms with Gasteiger partial charge in [-0.15, -0.1) is 12.3 Å². The average molecular weight is 267 g/mol. The summed E-state index contributed by atoms with van der Waals surface area (Å²) in [4.78, 5) is 0. The van der Waals surface area contributed by atoms with E-state index in [9.17, 15) is 0 Å². The molecule has 0 aliphatic carbocycles. The van der Waals surface area contributed by atoms with Crippen LogP contribution in [-0.4, -0.2) is 19.9 Å². The molecule has 18 heavy (non-hydrogen) atoms. The lowest BCUT2D eigenvalue weighted by atomic mass is 10.1. The van der Waals surface area contributed by atoms with E-state index in [0.29, 0.717) is 36.0 Å². The standard InChI is InChI=1S/C13H15ClN2O2/c1-2-3-4-16-11(7-15)9-5-10(14)13-12(6-9)17-8-18-13/h1,5-6,11,16H,3-4,7-8,15H2. The highest BCUT2D eigenvalue weighted by Crippen LogP contribution is 2.40. The van der Waals surface area contributed by atoms with Gasteiger partial charge in [0.1, 0.15) is 0 Å². The Kier molecular flexibility index (Phi) is 4.32. The first-order chi connectivity index (χ1) is 8.76. The Bertz CT molecular complexity index is 471. The number of hydrogen-bond acceptors (Lipinski definition) is 4. The second-order valence-electron chi connectivity index (χ2n) is 3.93. The fourth-order valence-corrected chi connectivity index (χ4v) is 2.12. The molecule has 0 bridgehead atoms. The molecule has 0 amide bonds. The Labute approximate surface area is 111 Å². The number of benzene rings is 1. The molecule has 5 heteroatoms. The molecule has 2 rings (SSSR count). The van der Waals surface area contributed by atoms with Crippen LogP contribution >= 0.6 is 11.6 Å². The summed E-state index contributed by atoms with van der Waals surface area (Å²) < 4.78 is 10.6. The van der Waals surface area contributed by atoms with Gasteiger partial charge in [0.25, 0.3) is 0 Å². The first-order valence-electron chi connectivity index (χ1n) is 5.72. The molecule has 3 N–H and O–H groups in total. The second kappa shape index (κ2) is 5.96. The third-order valence-corrected chi connectivity index (χ3v) is 3.03. The summed E-state index contributed by atoms with van der Waals surface area (Å²) in [7, 11) is 0. The number of fused-ring (bicyclic) bond motifs is 1. The average Bonchev–Trinajstić information content (AvgIpc) is 2.83. The zero-order valence-corrected chi connectivity index (χ0v) is 10.7. The lowest BCUT2D eigenvalue weighted by Crippen LogP contribution is -2.28. The minimum atomic E-state index is 0.00495. The number of nitrogens with one attached hydrogen (secondary N) is 1. The van der Waals surface area contributed by atoms with Crippen molar-refractivity contribution in [3.8, 4) is 23.8 Å². The molecule has 1 heterocycles. The van der Waals surface area contributed by atoms with Crippen molar-refractivity contribution in [3.63, 3.8) is 0 Å². The maximum atomic E-state index is 6.13. The molecule has 0 aromatic heterocycles. The smallest absolute Gasteiger partial charge is 0.231 e. The van der Waals surface area contributed by atoms with E-state index in [1.807, 2.05) is 12.1 Å². The first kappa shape index (κ1) is 13.0. The number of hydrogen-bond donors (Lipinski definition) is 2. The summed E-state index contributed by atoms with van der Waals surface area (Å²) in [6.45, 7) is 1.38. The van der Waals surface area contributed by atoms with Crippen LogP contribution in [0, 0.1) is 12.3 Å². The van der Waals surface area contributed by atoms with Crippen LogP contribution in [0.5, 0.6) is 11.5 Å². The molecule has 96 valence electrons. The second-order valence-corrected chi connectivity index (χ2v) is 4.34. The molecule has 1 aliphatic heterocycles. The van der Waals surface area contributed by atoms with Gasteiger partial charge in [0.05, 0.1) is 5.02 Å². The van der Waals surface area contributed by atoms with E-state index >= 15 is 0 Å². The van der Waals surface area contributed by atoms with Crippen molar-refractivity contribution in [2.75, 3.05) is 19.9 Å². The number of halogens is 1. The monoisotopic (exact) mass is 266 g/mol. The minimum Gasteiger partial charge on any atom is -0.454 e. The van der Waals surface area contributed by atoms with E-state index in [-0.39, 0.29) is 12.8 Å². The van der Waals surface area contributed by atoms with Gasteiger partial charge in [-0.2, -0.15) is 0 Å². The molecular formula is C13H15ClN2O2. The lowest BCUT2D eigenvalue weighted by Gasteiger charge is -2.17. The quantitative estimate of drug-likeness (QED) is 0.629. The number of nitrogens with two attached hydrogens (primary N) is 1. The third kappa shape index (κ3) is 2.70. The van der Waals surface area contributed by atoms with E-state index in [0.717, 1.165) is 5.56 Å². The molecule has 1 atom stereocenters. The predicted octanol–water partition coefficient (Wildman–Crippen LogP) is 1.68. The predicted molar refractivity (Wildman–Crippen MR) is 70.8 cm³/mol. The van der Waals surface area contributed by atoms with Crippen LogP contribution in [0.15, 0.2) is 12.1 Å². The highest BCUT2D eigenvalue weighted by atomic mass is 35.5. The summed E-state index contributed by atoms with van der Waals surface area (Å²) in [5.74, 6) is 3.84. The topological polar surface area (TPSA) is 56.5 Å². The summed E-state index contributed by atoms with van der Waals surface area (Å²) >= 11 is 6.13. The third-order valence-electron chi connectivity index (χ3n) is 2.75. The highest BCUT2D eigenvalue weighted by molar-refractivity contribution is 6.32.